The van der Waals surface area contributed by atoms with Crippen LogP contribution in [0.3, 0.4) is 0 Å². The van der Waals surface area contributed by atoms with E-state index >= 15 is 0 Å². The molecule has 4 saturated heterocycles. The highest BCUT2D eigenvalue weighted by atomic mass is 16.7. The van der Waals surface area contributed by atoms with Gasteiger partial charge in [-0.2, -0.15) is 0 Å². The van der Waals surface area contributed by atoms with Crippen molar-refractivity contribution in [1.29, 1.82) is 0 Å². The molecular weight excluding hydrogens is 368 g/mol. The van der Waals surface area contributed by atoms with Crippen LogP contribution in [0.4, 0.5) is 0 Å². The van der Waals surface area contributed by atoms with E-state index in [9.17, 15) is 19.5 Å². The fraction of sp³-hybridized carbons (Fsp3) is 0.850. The van der Waals surface area contributed by atoms with E-state index in [-0.39, 0.29) is 23.7 Å². The van der Waals surface area contributed by atoms with E-state index < -0.39 is 64.3 Å². The molecule has 12 unspecified atom stereocenters. The van der Waals surface area contributed by atoms with E-state index in [0.717, 1.165) is 0 Å². The summed E-state index contributed by atoms with van der Waals surface area (Å²) in [6.07, 6.45) is -3.59. The van der Waals surface area contributed by atoms with Gasteiger partial charge in [-0.3, -0.25) is 4.79 Å². The minimum Gasteiger partial charge on any atom is -0.461 e. The number of aliphatic hydroxyl groups excluding tert-OH is 1. The Labute approximate surface area is 161 Å². The number of rotatable bonds is 0. The normalized spacial score (nSPS) is 65.6. The summed E-state index contributed by atoms with van der Waals surface area (Å²) in [5.74, 6) is -2.90. The second kappa shape index (κ2) is 4.26. The predicted molar refractivity (Wildman–Crippen MR) is 89.1 cm³/mol. The number of esters is 3. The number of fused-ring (bicyclic) bond motifs is 1. The zero-order chi connectivity index (χ0) is 20.2. The van der Waals surface area contributed by atoms with Gasteiger partial charge in [-0.25, -0.2) is 9.59 Å². The van der Waals surface area contributed by atoms with Crippen molar-refractivity contribution in [2.75, 3.05) is 0 Å². The maximum atomic E-state index is 13.5. The van der Waals surface area contributed by atoms with Crippen LogP contribution in [0, 0.1) is 39.9 Å². The summed E-state index contributed by atoms with van der Waals surface area (Å²) in [6.45, 7) is 9.46. The van der Waals surface area contributed by atoms with Crippen molar-refractivity contribution in [2.45, 2.75) is 64.8 Å². The average Bonchev–Trinajstić information content (AvgIpc) is 3.33. The third kappa shape index (κ3) is 1.09. The van der Waals surface area contributed by atoms with Gasteiger partial charge in [-0.15, -0.1) is 0 Å². The van der Waals surface area contributed by atoms with Crippen LogP contribution in [0.2, 0.25) is 0 Å². The number of carbonyl (C=O) groups excluding carboxylic acids is 3. The first-order valence-corrected chi connectivity index (χ1v) is 10.0. The number of ether oxygens (including phenoxy) is 4. The minimum absolute atomic E-state index is 0.114. The van der Waals surface area contributed by atoms with Crippen molar-refractivity contribution in [3.05, 3.63) is 0 Å². The van der Waals surface area contributed by atoms with Gasteiger partial charge >= 0.3 is 17.9 Å². The van der Waals surface area contributed by atoms with Crippen molar-refractivity contribution in [3.63, 3.8) is 0 Å². The Kier molecular flexibility index (Phi) is 2.62. The molecule has 6 aliphatic rings. The van der Waals surface area contributed by atoms with Gasteiger partial charge in [-0.1, -0.05) is 34.6 Å². The molecule has 8 nitrogen and oxygen atoms in total. The summed E-state index contributed by atoms with van der Waals surface area (Å²) in [4.78, 5) is 38.5. The fourth-order valence-electron chi connectivity index (χ4n) is 8.68. The van der Waals surface area contributed by atoms with Gasteiger partial charge in [0, 0.05) is 5.92 Å². The summed E-state index contributed by atoms with van der Waals surface area (Å²) < 4.78 is 23.7. The molecule has 152 valence electrons. The molecule has 4 heterocycles. The fourth-order valence-corrected chi connectivity index (χ4v) is 8.68. The topological polar surface area (TPSA) is 108 Å². The molecule has 0 radical (unpaired) electrons. The summed E-state index contributed by atoms with van der Waals surface area (Å²) in [5, 5.41) is 11.2. The zero-order valence-electron chi connectivity index (χ0n) is 16.4. The molecule has 6 rings (SSSR count). The molecule has 6 fully saturated rings. The number of hydrogen-bond donors (Lipinski definition) is 1. The van der Waals surface area contributed by atoms with Crippen LogP contribution >= 0.6 is 0 Å². The van der Waals surface area contributed by atoms with Crippen LogP contribution in [0.15, 0.2) is 0 Å². The van der Waals surface area contributed by atoms with Crippen LogP contribution in [-0.2, 0) is 33.3 Å². The molecule has 0 aromatic rings. The maximum absolute atomic E-state index is 13.5. The summed E-state index contributed by atoms with van der Waals surface area (Å²) in [5.41, 5.74) is -4.63. The molecule has 2 saturated carbocycles. The summed E-state index contributed by atoms with van der Waals surface area (Å²) >= 11 is 0. The van der Waals surface area contributed by atoms with Crippen molar-refractivity contribution < 1.29 is 38.4 Å². The van der Waals surface area contributed by atoms with Crippen molar-refractivity contribution >= 4 is 17.9 Å². The Bertz CT molecular complexity index is 870. The van der Waals surface area contributed by atoms with Gasteiger partial charge < -0.3 is 24.1 Å². The molecular formula is C20H24O8. The highest BCUT2D eigenvalue weighted by molar-refractivity contribution is 5.92. The lowest BCUT2D eigenvalue weighted by atomic mass is 9.51. The van der Waals surface area contributed by atoms with Crippen molar-refractivity contribution in [3.8, 4) is 0 Å². The van der Waals surface area contributed by atoms with Crippen LogP contribution in [0.25, 0.3) is 0 Å². The molecule has 8 heteroatoms. The second-order valence-electron chi connectivity index (χ2n) is 9.90. The monoisotopic (exact) mass is 392 g/mol. The molecule has 2 spiro atoms. The third-order valence-corrected chi connectivity index (χ3v) is 9.88. The van der Waals surface area contributed by atoms with E-state index in [2.05, 4.69) is 0 Å². The first-order valence-electron chi connectivity index (χ1n) is 10.0. The van der Waals surface area contributed by atoms with Crippen LogP contribution in [-0.4, -0.2) is 53.2 Å². The summed E-state index contributed by atoms with van der Waals surface area (Å²) in [7, 11) is 0. The maximum Gasteiger partial charge on any atom is 0.340 e. The van der Waals surface area contributed by atoms with E-state index in [0.29, 0.717) is 0 Å². The first-order chi connectivity index (χ1) is 13.1. The molecule has 4 aliphatic heterocycles. The Morgan fingerprint density at radius 2 is 1.57 bits per heavy atom. The standard InChI is InChI=1S/C20H24O8/c1-6-7(2)18-10(21)14(23)27-16(18)28-20-15(24)26-11(6)19(18,20)8(3)12-17(20,5)9(4)13(22)25-12/h6-12,16,21H,1-5H3. The van der Waals surface area contributed by atoms with Crippen molar-refractivity contribution in [2.24, 2.45) is 39.9 Å². The van der Waals surface area contributed by atoms with E-state index in [1.165, 1.54) is 0 Å². The molecule has 0 aromatic carbocycles. The number of hydrogen-bond acceptors (Lipinski definition) is 8. The second-order valence-corrected chi connectivity index (χ2v) is 9.90. The Hall–Kier alpha value is -1.67. The lowest BCUT2D eigenvalue weighted by Crippen LogP contribution is -2.62. The molecule has 12 atom stereocenters. The van der Waals surface area contributed by atoms with Crippen LogP contribution < -0.4 is 0 Å². The van der Waals surface area contributed by atoms with Gasteiger partial charge in [0.15, 0.2) is 11.7 Å². The third-order valence-electron chi connectivity index (χ3n) is 9.88. The SMILES string of the molecule is CC1C(C)C23C(OC(=O)C2O)OC24C(=O)OC1C32C(C)C1OC(=O)C(C)C14C. The molecule has 2 aliphatic carbocycles. The Morgan fingerprint density at radius 1 is 0.893 bits per heavy atom. The van der Waals surface area contributed by atoms with E-state index in [4.69, 9.17) is 18.9 Å². The number of carbonyl (C=O) groups is 3. The molecule has 28 heavy (non-hydrogen) atoms. The Balaban J connectivity index is 1.74. The van der Waals surface area contributed by atoms with Crippen LogP contribution in [0.5, 0.6) is 0 Å². The highest BCUT2D eigenvalue weighted by Crippen LogP contribution is 2.87. The smallest absolute Gasteiger partial charge is 0.340 e. The molecule has 0 amide bonds. The van der Waals surface area contributed by atoms with Gasteiger partial charge in [0.25, 0.3) is 0 Å². The van der Waals surface area contributed by atoms with Crippen LogP contribution in [0.1, 0.15) is 34.6 Å². The van der Waals surface area contributed by atoms with Gasteiger partial charge in [0.2, 0.25) is 6.29 Å². The lowest BCUT2D eigenvalue weighted by Gasteiger charge is -2.45. The quantitative estimate of drug-likeness (QED) is 0.466. The van der Waals surface area contributed by atoms with Gasteiger partial charge in [0.1, 0.15) is 12.2 Å². The zero-order valence-corrected chi connectivity index (χ0v) is 16.4. The minimum atomic E-state index is -1.51. The van der Waals surface area contributed by atoms with Crippen molar-refractivity contribution in [1.82, 2.24) is 0 Å². The first kappa shape index (κ1) is 17.2. The predicted octanol–water partition coefficient (Wildman–Crippen LogP) is 0.401. The van der Waals surface area contributed by atoms with Gasteiger partial charge in [0.05, 0.1) is 22.2 Å². The number of aliphatic hydroxyl groups is 1. The summed E-state index contributed by atoms with van der Waals surface area (Å²) in [6, 6.07) is 0. The highest BCUT2D eigenvalue weighted by Gasteiger charge is 3.01. The average molecular weight is 392 g/mol. The van der Waals surface area contributed by atoms with Gasteiger partial charge in [-0.05, 0) is 11.8 Å². The Morgan fingerprint density at radius 3 is 2.25 bits per heavy atom. The largest absolute Gasteiger partial charge is 0.461 e. The molecule has 0 bridgehead atoms. The molecule has 1 N–H and O–H groups in total. The van der Waals surface area contributed by atoms with E-state index in [1.54, 1.807) is 6.92 Å². The molecule has 0 aromatic heterocycles. The van der Waals surface area contributed by atoms with E-state index in [1.807, 2.05) is 27.7 Å². The lowest BCUT2D eigenvalue weighted by molar-refractivity contribution is -0.218.